The van der Waals surface area contributed by atoms with Gasteiger partial charge in [0.05, 0.1) is 0 Å². The molecule has 0 spiro atoms. The zero-order valence-corrected chi connectivity index (χ0v) is 10.6. The number of nitrogens with two attached hydrogens (primary N) is 1. The number of nitrogens with one attached hydrogen (secondary N) is 1. The normalized spacial score (nSPS) is 20.7. The van der Waals surface area contributed by atoms with Gasteiger partial charge in [0, 0.05) is 0 Å². The Labute approximate surface area is 108 Å². The van der Waals surface area contributed by atoms with Gasteiger partial charge in [0.15, 0.2) is 0 Å². The largest absolute Gasteiger partial charge is 0.368 e. The number of benzene rings is 1. The highest BCUT2D eigenvalue weighted by molar-refractivity contribution is 5.81. The molecule has 0 heterocycles. The van der Waals surface area contributed by atoms with E-state index >= 15 is 0 Å². The SMILES string of the molecule is NC(=O)C(NCC1CC1)c1cccc(C2CC2)c1. The zero-order valence-electron chi connectivity index (χ0n) is 10.6. The smallest absolute Gasteiger partial charge is 0.239 e. The van der Waals surface area contributed by atoms with Gasteiger partial charge in [0.25, 0.3) is 0 Å². The number of rotatable bonds is 6. The van der Waals surface area contributed by atoms with Gasteiger partial charge in [0.2, 0.25) is 5.91 Å². The van der Waals surface area contributed by atoms with Gasteiger partial charge in [-0.05, 0) is 55.2 Å². The summed E-state index contributed by atoms with van der Waals surface area (Å²) in [4.78, 5) is 11.6. The molecule has 1 aromatic rings. The van der Waals surface area contributed by atoms with Crippen molar-refractivity contribution in [2.45, 2.75) is 37.6 Å². The summed E-state index contributed by atoms with van der Waals surface area (Å²) in [6.07, 6.45) is 5.11. The molecule has 2 saturated carbocycles. The van der Waals surface area contributed by atoms with Crippen LogP contribution in [0.1, 0.15) is 48.8 Å². The third kappa shape index (κ3) is 2.72. The molecule has 0 radical (unpaired) electrons. The maximum absolute atomic E-state index is 11.6. The Morgan fingerprint density at radius 3 is 2.72 bits per heavy atom. The Morgan fingerprint density at radius 2 is 2.11 bits per heavy atom. The van der Waals surface area contributed by atoms with Crippen LogP contribution in [0, 0.1) is 5.92 Å². The minimum Gasteiger partial charge on any atom is -0.368 e. The molecule has 18 heavy (non-hydrogen) atoms. The Morgan fingerprint density at radius 1 is 1.33 bits per heavy atom. The molecule has 96 valence electrons. The fourth-order valence-electron chi connectivity index (χ4n) is 2.40. The number of hydrogen-bond acceptors (Lipinski definition) is 2. The molecule has 2 aliphatic carbocycles. The van der Waals surface area contributed by atoms with Crippen molar-refractivity contribution in [3.05, 3.63) is 35.4 Å². The molecule has 0 aliphatic heterocycles. The summed E-state index contributed by atoms with van der Waals surface area (Å²) in [5.41, 5.74) is 7.89. The average molecular weight is 244 g/mol. The van der Waals surface area contributed by atoms with Crippen LogP contribution < -0.4 is 11.1 Å². The van der Waals surface area contributed by atoms with E-state index in [4.69, 9.17) is 5.73 Å². The van der Waals surface area contributed by atoms with Crippen molar-refractivity contribution in [3.8, 4) is 0 Å². The molecule has 1 atom stereocenters. The van der Waals surface area contributed by atoms with Crippen molar-refractivity contribution in [3.63, 3.8) is 0 Å². The zero-order chi connectivity index (χ0) is 12.5. The summed E-state index contributed by atoms with van der Waals surface area (Å²) in [7, 11) is 0. The molecule has 0 aromatic heterocycles. The van der Waals surface area contributed by atoms with Crippen molar-refractivity contribution in [1.82, 2.24) is 5.32 Å². The van der Waals surface area contributed by atoms with Crippen molar-refractivity contribution >= 4 is 5.91 Å². The van der Waals surface area contributed by atoms with Crippen LogP contribution in [0.3, 0.4) is 0 Å². The molecule has 0 saturated heterocycles. The van der Waals surface area contributed by atoms with Crippen LogP contribution in [-0.2, 0) is 4.79 Å². The highest BCUT2D eigenvalue weighted by atomic mass is 16.1. The summed E-state index contributed by atoms with van der Waals surface area (Å²) in [6, 6.07) is 8.01. The highest BCUT2D eigenvalue weighted by Crippen LogP contribution is 2.40. The second kappa shape index (κ2) is 4.73. The van der Waals surface area contributed by atoms with Crippen molar-refractivity contribution in [2.24, 2.45) is 11.7 Å². The molecule has 3 heteroatoms. The van der Waals surface area contributed by atoms with Crippen LogP contribution >= 0.6 is 0 Å². The van der Waals surface area contributed by atoms with Crippen LogP contribution in [-0.4, -0.2) is 12.5 Å². The summed E-state index contributed by atoms with van der Waals surface area (Å²) in [5.74, 6) is 1.18. The molecule has 1 aromatic carbocycles. The lowest BCUT2D eigenvalue weighted by molar-refractivity contribution is -0.120. The van der Waals surface area contributed by atoms with Gasteiger partial charge in [-0.1, -0.05) is 24.3 Å². The first kappa shape index (κ1) is 11.7. The van der Waals surface area contributed by atoms with Gasteiger partial charge in [0.1, 0.15) is 6.04 Å². The van der Waals surface area contributed by atoms with E-state index in [0.29, 0.717) is 5.92 Å². The van der Waals surface area contributed by atoms with E-state index in [-0.39, 0.29) is 11.9 Å². The monoisotopic (exact) mass is 244 g/mol. The number of amides is 1. The third-order valence-corrected chi connectivity index (χ3v) is 3.88. The van der Waals surface area contributed by atoms with Crippen LogP contribution in [0.15, 0.2) is 24.3 Å². The number of primary amides is 1. The van der Waals surface area contributed by atoms with E-state index in [2.05, 4.69) is 17.4 Å². The fourth-order valence-corrected chi connectivity index (χ4v) is 2.40. The summed E-state index contributed by atoms with van der Waals surface area (Å²) < 4.78 is 0. The Bertz CT molecular complexity index is 450. The predicted octanol–water partition coefficient (Wildman–Crippen LogP) is 2.09. The Hall–Kier alpha value is -1.35. The molecular weight excluding hydrogens is 224 g/mol. The van der Waals surface area contributed by atoms with Gasteiger partial charge in [-0.15, -0.1) is 0 Å². The molecule has 0 bridgehead atoms. The van der Waals surface area contributed by atoms with E-state index < -0.39 is 0 Å². The van der Waals surface area contributed by atoms with Crippen molar-refractivity contribution < 1.29 is 4.79 Å². The van der Waals surface area contributed by atoms with Crippen molar-refractivity contribution in [2.75, 3.05) is 6.54 Å². The molecule has 2 fully saturated rings. The van der Waals surface area contributed by atoms with Gasteiger partial charge in [-0.2, -0.15) is 0 Å². The topological polar surface area (TPSA) is 55.1 Å². The molecule has 3 nitrogen and oxygen atoms in total. The second-order valence-electron chi connectivity index (χ2n) is 5.63. The molecule has 1 unspecified atom stereocenters. The lowest BCUT2D eigenvalue weighted by atomic mass is 10.0. The maximum Gasteiger partial charge on any atom is 0.239 e. The minimum atomic E-state index is -0.329. The Kier molecular flexibility index (Phi) is 3.08. The van der Waals surface area contributed by atoms with Crippen LogP contribution in [0.25, 0.3) is 0 Å². The second-order valence-corrected chi connectivity index (χ2v) is 5.63. The summed E-state index contributed by atoms with van der Waals surface area (Å²) >= 11 is 0. The first-order chi connectivity index (χ1) is 8.74. The average Bonchev–Trinajstić information content (AvgIpc) is 3.23. The number of hydrogen-bond donors (Lipinski definition) is 2. The number of carbonyl (C=O) groups is 1. The van der Waals surface area contributed by atoms with E-state index in [9.17, 15) is 4.79 Å². The quantitative estimate of drug-likeness (QED) is 0.805. The fraction of sp³-hybridized carbons (Fsp3) is 0.533. The molecule has 3 rings (SSSR count). The van der Waals surface area contributed by atoms with Gasteiger partial charge >= 0.3 is 0 Å². The predicted molar refractivity (Wildman–Crippen MR) is 71.1 cm³/mol. The van der Waals surface area contributed by atoms with Gasteiger partial charge in [-0.25, -0.2) is 0 Å². The highest BCUT2D eigenvalue weighted by Gasteiger charge is 2.27. The van der Waals surface area contributed by atoms with Crippen LogP contribution in [0.2, 0.25) is 0 Å². The molecular formula is C15H20N2O. The standard InChI is InChI=1S/C15H20N2O/c16-15(18)14(17-9-10-4-5-10)13-3-1-2-12(8-13)11-6-7-11/h1-3,8,10-11,14,17H,4-7,9H2,(H2,16,18). The van der Waals surface area contributed by atoms with E-state index in [1.807, 2.05) is 12.1 Å². The molecule has 3 N–H and O–H groups in total. The first-order valence-corrected chi connectivity index (χ1v) is 6.86. The lowest BCUT2D eigenvalue weighted by Gasteiger charge is -2.16. The third-order valence-electron chi connectivity index (χ3n) is 3.88. The lowest BCUT2D eigenvalue weighted by Crippen LogP contribution is -2.34. The van der Waals surface area contributed by atoms with Crippen LogP contribution in [0.5, 0.6) is 0 Å². The molecule has 1 amide bonds. The van der Waals surface area contributed by atoms with E-state index in [0.717, 1.165) is 18.0 Å². The van der Waals surface area contributed by atoms with Gasteiger partial charge < -0.3 is 11.1 Å². The maximum atomic E-state index is 11.6. The van der Waals surface area contributed by atoms with Gasteiger partial charge in [-0.3, -0.25) is 4.79 Å². The summed E-state index contributed by atoms with van der Waals surface area (Å²) in [6.45, 7) is 0.904. The van der Waals surface area contributed by atoms with E-state index in [1.165, 1.54) is 31.2 Å². The summed E-state index contributed by atoms with van der Waals surface area (Å²) in [5, 5.41) is 3.31. The number of carbonyl (C=O) groups excluding carboxylic acids is 1. The minimum absolute atomic E-state index is 0.274. The van der Waals surface area contributed by atoms with Crippen molar-refractivity contribution in [1.29, 1.82) is 0 Å². The molecule has 2 aliphatic rings. The first-order valence-electron chi connectivity index (χ1n) is 6.86. The van der Waals surface area contributed by atoms with E-state index in [1.54, 1.807) is 0 Å². The van der Waals surface area contributed by atoms with Crippen LogP contribution in [0.4, 0.5) is 0 Å². The Balaban J connectivity index is 1.74.